The summed E-state index contributed by atoms with van der Waals surface area (Å²) in [6.45, 7) is 2.76. The Morgan fingerprint density at radius 3 is 2.29 bits per heavy atom. The van der Waals surface area contributed by atoms with Crippen molar-refractivity contribution in [2.24, 2.45) is 0 Å². The van der Waals surface area contributed by atoms with Crippen molar-refractivity contribution >= 4 is 34.5 Å². The Morgan fingerprint density at radius 2 is 1.82 bits per heavy atom. The number of nitro benzene ring substituents is 2. The fourth-order valence-corrected chi connectivity index (χ4v) is 2.53. The van der Waals surface area contributed by atoms with Crippen molar-refractivity contribution in [2.75, 3.05) is 5.32 Å². The maximum atomic E-state index is 13.9. The smallest absolute Gasteiger partial charge is 0.328 e. The molecule has 14 heteroatoms. The Kier molecular flexibility index (Phi) is 5.68. The minimum absolute atomic E-state index is 0.0334. The van der Waals surface area contributed by atoms with E-state index in [1.165, 1.54) is 6.92 Å². The van der Waals surface area contributed by atoms with E-state index in [1.54, 1.807) is 6.92 Å². The van der Waals surface area contributed by atoms with Gasteiger partial charge in [-0.2, -0.15) is 17.6 Å². The lowest BCUT2D eigenvalue weighted by Gasteiger charge is -2.14. The average Bonchev–Trinajstić information content (AvgIpc) is 2.56. The van der Waals surface area contributed by atoms with Gasteiger partial charge in [0.2, 0.25) is 5.95 Å². The van der Waals surface area contributed by atoms with Crippen molar-refractivity contribution in [3.8, 4) is 0 Å². The number of hydrogen-bond acceptors (Lipinski definition) is 7. The fourth-order valence-electron chi connectivity index (χ4n) is 2.21. The van der Waals surface area contributed by atoms with Gasteiger partial charge in [-0.15, -0.1) is 0 Å². The average molecular weight is 424 g/mol. The molecule has 0 spiro atoms. The number of anilines is 2. The van der Waals surface area contributed by atoms with Gasteiger partial charge in [0, 0.05) is 18.1 Å². The van der Waals surface area contributed by atoms with Gasteiger partial charge in [-0.25, -0.2) is 9.97 Å². The Balaban J connectivity index is 2.84. The van der Waals surface area contributed by atoms with Crippen LogP contribution in [0, 0.1) is 33.1 Å². The molecule has 1 heterocycles. The standard InChI is InChI=1S/C14H10ClF4N5O4/c1-3-8-20-12(16)5(2)13(21-8)22-10-7(23(25)26)4-6(14(17,18)19)9(15)11(10)24(27)28/h4H,3H2,1-2H3,(H,20,21,22). The van der Waals surface area contributed by atoms with Crippen LogP contribution in [-0.4, -0.2) is 19.8 Å². The third-order valence-electron chi connectivity index (χ3n) is 3.60. The number of alkyl halides is 3. The number of nitro groups is 2. The van der Waals surface area contributed by atoms with E-state index in [0.29, 0.717) is 0 Å². The Bertz CT molecular complexity index is 983. The topological polar surface area (TPSA) is 124 Å². The largest absolute Gasteiger partial charge is 0.418 e. The van der Waals surface area contributed by atoms with Crippen molar-refractivity contribution in [3.05, 3.63) is 54.2 Å². The number of rotatable bonds is 5. The van der Waals surface area contributed by atoms with Gasteiger partial charge >= 0.3 is 17.6 Å². The van der Waals surface area contributed by atoms with Crippen LogP contribution in [0.1, 0.15) is 23.9 Å². The van der Waals surface area contributed by atoms with E-state index in [-0.39, 0.29) is 29.7 Å². The number of nitrogens with one attached hydrogen (secondary N) is 1. The van der Waals surface area contributed by atoms with E-state index in [0.717, 1.165) is 0 Å². The minimum atomic E-state index is -5.18. The summed E-state index contributed by atoms with van der Waals surface area (Å²) in [7, 11) is 0. The molecule has 0 saturated heterocycles. The lowest BCUT2D eigenvalue weighted by atomic mass is 10.1. The van der Waals surface area contributed by atoms with Crippen LogP contribution in [0.15, 0.2) is 6.07 Å². The predicted octanol–water partition coefficient (Wildman–Crippen LogP) is 4.72. The molecule has 0 radical (unpaired) electrons. The highest BCUT2D eigenvalue weighted by Gasteiger charge is 2.42. The highest BCUT2D eigenvalue weighted by Crippen LogP contribution is 2.48. The molecule has 0 amide bonds. The normalized spacial score (nSPS) is 11.4. The van der Waals surface area contributed by atoms with Gasteiger partial charge in [0.25, 0.3) is 0 Å². The first-order valence-electron chi connectivity index (χ1n) is 7.40. The van der Waals surface area contributed by atoms with E-state index < -0.39 is 49.6 Å². The summed E-state index contributed by atoms with van der Waals surface area (Å²) >= 11 is 5.53. The van der Waals surface area contributed by atoms with Crippen LogP contribution in [-0.2, 0) is 12.6 Å². The maximum Gasteiger partial charge on any atom is 0.418 e. The molecule has 2 rings (SSSR count). The van der Waals surface area contributed by atoms with Crippen LogP contribution in [0.5, 0.6) is 0 Å². The van der Waals surface area contributed by atoms with Gasteiger partial charge < -0.3 is 5.32 Å². The predicted molar refractivity (Wildman–Crippen MR) is 89.2 cm³/mol. The second kappa shape index (κ2) is 7.50. The first-order chi connectivity index (χ1) is 12.9. The van der Waals surface area contributed by atoms with Gasteiger partial charge in [0.15, 0.2) is 5.69 Å². The number of nitrogens with zero attached hydrogens (tertiary/aromatic N) is 4. The van der Waals surface area contributed by atoms with Crippen LogP contribution >= 0.6 is 11.6 Å². The Labute approximate surface area is 158 Å². The second-order valence-corrected chi connectivity index (χ2v) is 5.75. The summed E-state index contributed by atoms with van der Waals surface area (Å²) < 4.78 is 53.2. The number of aryl methyl sites for hydroxylation is 1. The quantitative estimate of drug-likeness (QED) is 0.319. The molecule has 0 saturated carbocycles. The lowest BCUT2D eigenvalue weighted by Crippen LogP contribution is -2.12. The third-order valence-corrected chi connectivity index (χ3v) is 3.98. The Hall–Kier alpha value is -3.09. The molecule has 1 aromatic heterocycles. The summed E-state index contributed by atoms with van der Waals surface area (Å²) in [6.07, 6.45) is -5.03. The van der Waals surface area contributed by atoms with Crippen molar-refractivity contribution in [1.82, 2.24) is 9.97 Å². The first-order valence-corrected chi connectivity index (χ1v) is 7.78. The van der Waals surface area contributed by atoms with Crippen LogP contribution < -0.4 is 5.32 Å². The highest BCUT2D eigenvalue weighted by molar-refractivity contribution is 6.34. The zero-order chi connectivity index (χ0) is 21.4. The lowest BCUT2D eigenvalue weighted by molar-refractivity contribution is -0.392. The molecule has 28 heavy (non-hydrogen) atoms. The zero-order valence-corrected chi connectivity index (χ0v) is 14.9. The molecule has 0 atom stereocenters. The van der Waals surface area contributed by atoms with E-state index in [9.17, 15) is 37.8 Å². The third kappa shape index (κ3) is 3.93. The molecular weight excluding hydrogens is 414 g/mol. The molecule has 0 unspecified atom stereocenters. The van der Waals surface area contributed by atoms with Crippen LogP contribution in [0.4, 0.5) is 40.4 Å². The van der Waals surface area contributed by atoms with E-state index in [2.05, 4.69) is 15.3 Å². The van der Waals surface area contributed by atoms with Crippen LogP contribution in [0.2, 0.25) is 5.02 Å². The van der Waals surface area contributed by atoms with Crippen molar-refractivity contribution in [3.63, 3.8) is 0 Å². The molecule has 150 valence electrons. The molecular formula is C14H10ClF4N5O4. The number of halogens is 5. The van der Waals surface area contributed by atoms with Crippen molar-refractivity contribution in [1.29, 1.82) is 0 Å². The van der Waals surface area contributed by atoms with Crippen LogP contribution in [0.25, 0.3) is 0 Å². The first kappa shape index (κ1) is 21.2. The molecule has 0 bridgehead atoms. The molecule has 2 aromatic rings. The molecule has 0 aliphatic heterocycles. The summed E-state index contributed by atoms with van der Waals surface area (Å²) in [5, 5.41) is 23.5. The second-order valence-electron chi connectivity index (χ2n) is 5.38. The summed E-state index contributed by atoms with van der Waals surface area (Å²) in [6, 6.07) is 0.0608. The highest BCUT2D eigenvalue weighted by atomic mass is 35.5. The number of aromatic nitrogens is 2. The van der Waals surface area contributed by atoms with E-state index >= 15 is 0 Å². The Morgan fingerprint density at radius 1 is 1.21 bits per heavy atom. The summed E-state index contributed by atoms with van der Waals surface area (Å²) in [4.78, 5) is 27.5. The van der Waals surface area contributed by atoms with Gasteiger partial charge in [0.1, 0.15) is 16.7 Å². The monoisotopic (exact) mass is 423 g/mol. The molecule has 1 N–H and O–H groups in total. The minimum Gasteiger partial charge on any atom is -0.328 e. The SMILES string of the molecule is CCc1nc(F)c(C)c(Nc2c([N+](=O)[O-])cc(C(F)(F)F)c(Cl)c2[N+](=O)[O-])n1. The fraction of sp³-hybridized carbons (Fsp3) is 0.286. The molecule has 0 aliphatic rings. The van der Waals surface area contributed by atoms with Crippen molar-refractivity contribution in [2.45, 2.75) is 26.4 Å². The van der Waals surface area contributed by atoms with E-state index in [4.69, 9.17) is 11.6 Å². The van der Waals surface area contributed by atoms with Gasteiger partial charge in [-0.1, -0.05) is 18.5 Å². The van der Waals surface area contributed by atoms with Crippen LogP contribution in [0.3, 0.4) is 0 Å². The van der Waals surface area contributed by atoms with E-state index in [1.807, 2.05) is 0 Å². The molecule has 0 fully saturated rings. The zero-order valence-electron chi connectivity index (χ0n) is 14.1. The molecule has 9 nitrogen and oxygen atoms in total. The van der Waals surface area contributed by atoms with Gasteiger partial charge in [-0.05, 0) is 6.92 Å². The van der Waals surface area contributed by atoms with Gasteiger partial charge in [-0.3, -0.25) is 20.2 Å². The van der Waals surface area contributed by atoms with Crippen molar-refractivity contribution < 1.29 is 27.4 Å². The maximum absolute atomic E-state index is 13.9. The number of benzene rings is 1. The number of hydrogen-bond donors (Lipinski definition) is 1. The molecule has 1 aromatic carbocycles. The summed E-state index contributed by atoms with van der Waals surface area (Å²) in [5.41, 5.74) is -5.63. The molecule has 0 aliphatic carbocycles. The summed E-state index contributed by atoms with van der Waals surface area (Å²) in [5.74, 6) is -1.42. The van der Waals surface area contributed by atoms with Gasteiger partial charge in [0.05, 0.1) is 15.4 Å².